The molecule has 0 saturated carbocycles. The fourth-order valence-corrected chi connectivity index (χ4v) is 2.75. The monoisotopic (exact) mass is 259 g/mol. The first kappa shape index (κ1) is 14.1. The van der Waals surface area contributed by atoms with Crippen molar-refractivity contribution in [1.82, 2.24) is 5.32 Å². The number of rotatable bonds is 5. The van der Waals surface area contributed by atoms with Crippen molar-refractivity contribution < 1.29 is 12.8 Å². The molecule has 0 radical (unpaired) electrons. The average molecular weight is 259 g/mol. The molecule has 0 amide bonds. The summed E-state index contributed by atoms with van der Waals surface area (Å²) >= 11 is 0. The third-order valence-electron chi connectivity index (χ3n) is 2.69. The van der Waals surface area contributed by atoms with Crippen molar-refractivity contribution in [1.29, 1.82) is 0 Å². The van der Waals surface area contributed by atoms with E-state index in [1.54, 1.807) is 13.1 Å². The van der Waals surface area contributed by atoms with E-state index in [0.29, 0.717) is 6.42 Å². The first-order valence-corrected chi connectivity index (χ1v) is 7.48. The predicted octanol–water partition coefficient (Wildman–Crippen LogP) is 1.31. The zero-order valence-electron chi connectivity index (χ0n) is 10.3. The van der Waals surface area contributed by atoms with Crippen molar-refractivity contribution in [3.05, 3.63) is 35.1 Å². The van der Waals surface area contributed by atoms with E-state index in [0.717, 1.165) is 11.1 Å². The molecule has 1 aromatic carbocycles. The van der Waals surface area contributed by atoms with Gasteiger partial charge in [-0.3, -0.25) is 0 Å². The van der Waals surface area contributed by atoms with Gasteiger partial charge >= 0.3 is 0 Å². The van der Waals surface area contributed by atoms with Crippen LogP contribution in [0.25, 0.3) is 0 Å². The summed E-state index contributed by atoms with van der Waals surface area (Å²) in [4.78, 5) is 0. The maximum atomic E-state index is 13.1. The molecule has 1 unspecified atom stereocenters. The van der Waals surface area contributed by atoms with E-state index in [2.05, 4.69) is 5.32 Å². The summed E-state index contributed by atoms with van der Waals surface area (Å²) < 4.78 is 35.6. The van der Waals surface area contributed by atoms with E-state index >= 15 is 0 Å². The summed E-state index contributed by atoms with van der Waals surface area (Å²) in [7, 11) is -1.32. The number of hydrogen-bond acceptors (Lipinski definition) is 3. The van der Waals surface area contributed by atoms with Crippen molar-refractivity contribution in [3.63, 3.8) is 0 Å². The van der Waals surface area contributed by atoms with Crippen molar-refractivity contribution >= 4 is 9.84 Å². The van der Waals surface area contributed by atoms with Gasteiger partial charge in [0, 0.05) is 12.3 Å². The van der Waals surface area contributed by atoms with Gasteiger partial charge < -0.3 is 5.32 Å². The Kier molecular flexibility index (Phi) is 4.65. The number of aryl methyl sites for hydroxylation is 1. The summed E-state index contributed by atoms with van der Waals surface area (Å²) in [6.45, 7) is 1.89. The van der Waals surface area contributed by atoms with Crippen LogP contribution in [0.1, 0.15) is 11.1 Å². The Bertz CT molecular complexity index is 485. The van der Waals surface area contributed by atoms with Crippen LogP contribution >= 0.6 is 0 Å². The number of nitrogens with one attached hydrogen (secondary N) is 1. The van der Waals surface area contributed by atoms with E-state index in [-0.39, 0.29) is 17.6 Å². The summed E-state index contributed by atoms with van der Waals surface area (Å²) in [5, 5.41) is 2.95. The Morgan fingerprint density at radius 2 is 2.06 bits per heavy atom. The standard InChI is InChI=1S/C12H18FNO2S/c1-9-4-5-11(13)6-10(9)7-12(14-2)8-17(3,15)16/h4-6,12,14H,7-8H2,1-3H3. The summed E-state index contributed by atoms with van der Waals surface area (Å²) in [6.07, 6.45) is 1.71. The lowest BCUT2D eigenvalue weighted by Gasteiger charge is -2.16. The lowest BCUT2D eigenvalue weighted by Crippen LogP contribution is -2.34. The topological polar surface area (TPSA) is 46.2 Å². The number of benzene rings is 1. The van der Waals surface area contributed by atoms with Gasteiger partial charge in [0.25, 0.3) is 0 Å². The molecular weight excluding hydrogens is 241 g/mol. The van der Waals surface area contributed by atoms with Crippen LogP contribution in [0.15, 0.2) is 18.2 Å². The molecular formula is C12H18FNO2S. The fourth-order valence-electron chi connectivity index (χ4n) is 1.74. The molecule has 0 aliphatic rings. The molecule has 1 N–H and O–H groups in total. The van der Waals surface area contributed by atoms with Crippen LogP contribution in [0.5, 0.6) is 0 Å². The average Bonchev–Trinajstić information content (AvgIpc) is 2.20. The second-order valence-electron chi connectivity index (χ2n) is 4.35. The van der Waals surface area contributed by atoms with E-state index in [9.17, 15) is 12.8 Å². The highest BCUT2D eigenvalue weighted by atomic mass is 32.2. The number of sulfone groups is 1. The Hall–Kier alpha value is -0.940. The Labute approximate surface area is 102 Å². The molecule has 1 rings (SSSR count). The van der Waals surface area contributed by atoms with Crippen LogP contribution in [0.2, 0.25) is 0 Å². The van der Waals surface area contributed by atoms with Gasteiger partial charge in [-0.15, -0.1) is 0 Å². The third kappa shape index (κ3) is 4.83. The van der Waals surface area contributed by atoms with Crippen LogP contribution < -0.4 is 5.32 Å². The maximum Gasteiger partial charge on any atom is 0.148 e. The predicted molar refractivity (Wildman–Crippen MR) is 67.4 cm³/mol. The summed E-state index contributed by atoms with van der Waals surface area (Å²) in [5.74, 6) is -0.237. The molecule has 96 valence electrons. The van der Waals surface area contributed by atoms with Gasteiger partial charge in [0.05, 0.1) is 5.75 Å². The minimum Gasteiger partial charge on any atom is -0.316 e. The van der Waals surface area contributed by atoms with Gasteiger partial charge in [-0.2, -0.15) is 0 Å². The molecule has 0 spiro atoms. The summed E-state index contributed by atoms with van der Waals surface area (Å²) in [5.41, 5.74) is 1.81. The molecule has 1 aromatic rings. The molecule has 17 heavy (non-hydrogen) atoms. The molecule has 3 nitrogen and oxygen atoms in total. The van der Waals surface area contributed by atoms with Gasteiger partial charge in [0.1, 0.15) is 15.7 Å². The van der Waals surface area contributed by atoms with Gasteiger partial charge in [-0.1, -0.05) is 6.07 Å². The lowest BCUT2D eigenvalue weighted by molar-refractivity contribution is 0.564. The highest BCUT2D eigenvalue weighted by Crippen LogP contribution is 2.13. The van der Waals surface area contributed by atoms with Gasteiger partial charge in [-0.05, 0) is 43.7 Å². The highest BCUT2D eigenvalue weighted by molar-refractivity contribution is 7.90. The second-order valence-corrected chi connectivity index (χ2v) is 6.54. The summed E-state index contributed by atoms with van der Waals surface area (Å²) in [6, 6.07) is 4.38. The van der Waals surface area contributed by atoms with Crippen molar-refractivity contribution in [2.75, 3.05) is 19.1 Å². The number of halogens is 1. The normalized spacial score (nSPS) is 13.6. The van der Waals surface area contributed by atoms with E-state index in [1.807, 2.05) is 6.92 Å². The Morgan fingerprint density at radius 1 is 1.41 bits per heavy atom. The fraction of sp³-hybridized carbons (Fsp3) is 0.500. The maximum absolute atomic E-state index is 13.1. The molecule has 0 aromatic heterocycles. The van der Waals surface area contributed by atoms with Crippen molar-refractivity contribution in [2.45, 2.75) is 19.4 Å². The Morgan fingerprint density at radius 3 is 2.59 bits per heavy atom. The molecule has 1 atom stereocenters. The first-order valence-electron chi connectivity index (χ1n) is 5.42. The van der Waals surface area contributed by atoms with Crippen LogP contribution in [-0.2, 0) is 16.3 Å². The third-order valence-corrected chi connectivity index (χ3v) is 3.70. The molecule has 0 aliphatic heterocycles. The van der Waals surface area contributed by atoms with Gasteiger partial charge in [-0.25, -0.2) is 12.8 Å². The van der Waals surface area contributed by atoms with E-state index in [4.69, 9.17) is 0 Å². The molecule has 0 aliphatic carbocycles. The minimum atomic E-state index is -3.03. The van der Waals surface area contributed by atoms with Gasteiger partial charge in [0.15, 0.2) is 0 Å². The molecule has 0 bridgehead atoms. The van der Waals surface area contributed by atoms with Crippen LogP contribution in [0.4, 0.5) is 4.39 Å². The molecule has 0 heterocycles. The van der Waals surface area contributed by atoms with Crippen molar-refractivity contribution in [3.8, 4) is 0 Å². The van der Waals surface area contributed by atoms with E-state index < -0.39 is 9.84 Å². The van der Waals surface area contributed by atoms with E-state index in [1.165, 1.54) is 18.4 Å². The van der Waals surface area contributed by atoms with Crippen LogP contribution in [0.3, 0.4) is 0 Å². The van der Waals surface area contributed by atoms with Crippen molar-refractivity contribution in [2.24, 2.45) is 0 Å². The number of hydrogen-bond donors (Lipinski definition) is 1. The van der Waals surface area contributed by atoms with Crippen LogP contribution in [0, 0.1) is 12.7 Å². The van der Waals surface area contributed by atoms with Gasteiger partial charge in [0.2, 0.25) is 0 Å². The smallest absolute Gasteiger partial charge is 0.148 e. The second kappa shape index (κ2) is 5.60. The quantitative estimate of drug-likeness (QED) is 0.867. The zero-order chi connectivity index (χ0) is 13.1. The SMILES string of the molecule is CNC(Cc1cc(F)ccc1C)CS(C)(=O)=O. The lowest BCUT2D eigenvalue weighted by atomic mass is 10.0. The molecule has 5 heteroatoms. The minimum absolute atomic E-state index is 0.0550. The largest absolute Gasteiger partial charge is 0.316 e. The first-order chi connectivity index (χ1) is 7.81. The molecule has 0 fully saturated rings. The molecule has 0 saturated heterocycles. The Balaban J connectivity index is 2.84. The number of likely N-dealkylation sites (N-methyl/N-ethyl adjacent to an activating group) is 1. The van der Waals surface area contributed by atoms with Crippen LogP contribution in [-0.4, -0.2) is 33.5 Å². The zero-order valence-corrected chi connectivity index (χ0v) is 11.1. The highest BCUT2D eigenvalue weighted by Gasteiger charge is 2.15.